The van der Waals surface area contributed by atoms with Gasteiger partial charge in [0.05, 0.1) is 12.8 Å². The maximum Gasteiger partial charge on any atom is 0.144 e. The zero-order chi connectivity index (χ0) is 10.7. The van der Waals surface area contributed by atoms with Gasteiger partial charge >= 0.3 is 0 Å². The summed E-state index contributed by atoms with van der Waals surface area (Å²) < 4.78 is 5.09. The lowest BCUT2D eigenvalue weighted by molar-refractivity contribution is 0.415. The highest BCUT2D eigenvalue weighted by molar-refractivity contribution is 7.26. The number of benzene rings is 1. The standard InChI is InChI=1S/C11H11N2OP/c1-14-9-4-2-8(3-5-9)10-6-7-12-11(15)13-10/h2-7H,15H2,1H3. The van der Waals surface area contributed by atoms with Gasteiger partial charge in [-0.2, -0.15) is 0 Å². The Kier molecular flexibility index (Phi) is 2.93. The van der Waals surface area contributed by atoms with Crippen LogP contribution in [0.5, 0.6) is 5.75 Å². The van der Waals surface area contributed by atoms with Crippen LogP contribution in [0.3, 0.4) is 0 Å². The Morgan fingerprint density at radius 2 is 1.87 bits per heavy atom. The Balaban J connectivity index is 2.37. The molecule has 76 valence electrons. The van der Waals surface area contributed by atoms with E-state index in [-0.39, 0.29) is 0 Å². The number of ether oxygens (including phenoxy) is 1. The van der Waals surface area contributed by atoms with Crippen LogP contribution in [0.4, 0.5) is 0 Å². The molecule has 1 heterocycles. The molecule has 1 atom stereocenters. The minimum Gasteiger partial charge on any atom is -0.497 e. The second-order valence-corrected chi connectivity index (χ2v) is 3.54. The molecule has 0 aliphatic carbocycles. The maximum absolute atomic E-state index is 5.09. The molecule has 1 aromatic carbocycles. The second-order valence-electron chi connectivity index (χ2n) is 3.03. The van der Waals surface area contributed by atoms with E-state index in [0.29, 0.717) is 5.57 Å². The SMILES string of the molecule is COc1ccc(-c2ccnc(P)n2)cc1. The molecule has 2 aromatic rings. The number of hydrogen-bond donors (Lipinski definition) is 0. The third-order valence-electron chi connectivity index (χ3n) is 2.06. The summed E-state index contributed by atoms with van der Waals surface area (Å²) in [7, 11) is 4.14. The minimum atomic E-state index is 0.698. The van der Waals surface area contributed by atoms with Crippen molar-refractivity contribution in [2.75, 3.05) is 7.11 Å². The fraction of sp³-hybridized carbons (Fsp3) is 0.0909. The molecule has 0 bridgehead atoms. The number of hydrogen-bond acceptors (Lipinski definition) is 3. The summed E-state index contributed by atoms with van der Waals surface area (Å²) in [6.07, 6.45) is 1.74. The van der Waals surface area contributed by atoms with Gasteiger partial charge in [-0.3, -0.25) is 0 Å². The van der Waals surface area contributed by atoms with Gasteiger partial charge in [-0.05, 0) is 30.3 Å². The molecular weight excluding hydrogens is 207 g/mol. The topological polar surface area (TPSA) is 35.0 Å². The van der Waals surface area contributed by atoms with Gasteiger partial charge in [0.25, 0.3) is 0 Å². The Morgan fingerprint density at radius 3 is 2.47 bits per heavy atom. The molecule has 0 saturated carbocycles. The zero-order valence-corrected chi connectivity index (χ0v) is 9.50. The van der Waals surface area contributed by atoms with Crippen LogP contribution in [-0.2, 0) is 0 Å². The van der Waals surface area contributed by atoms with Crippen molar-refractivity contribution in [2.24, 2.45) is 0 Å². The largest absolute Gasteiger partial charge is 0.497 e. The normalized spacial score (nSPS) is 10.0. The van der Waals surface area contributed by atoms with Crippen LogP contribution in [0.25, 0.3) is 11.3 Å². The van der Waals surface area contributed by atoms with E-state index in [0.717, 1.165) is 17.0 Å². The fourth-order valence-corrected chi connectivity index (χ4v) is 1.52. The van der Waals surface area contributed by atoms with Gasteiger partial charge in [0.1, 0.15) is 11.3 Å². The number of rotatable bonds is 2. The molecule has 3 nitrogen and oxygen atoms in total. The van der Waals surface area contributed by atoms with Crippen LogP contribution in [0.1, 0.15) is 0 Å². The van der Waals surface area contributed by atoms with Crippen LogP contribution in [0, 0.1) is 0 Å². The van der Waals surface area contributed by atoms with Crippen molar-refractivity contribution >= 4 is 14.8 Å². The molecule has 0 amide bonds. The zero-order valence-electron chi connectivity index (χ0n) is 8.34. The van der Waals surface area contributed by atoms with Gasteiger partial charge in [0.2, 0.25) is 0 Å². The molecule has 15 heavy (non-hydrogen) atoms. The first-order valence-corrected chi connectivity index (χ1v) is 5.10. The highest BCUT2D eigenvalue weighted by Gasteiger charge is 1.99. The first-order valence-electron chi connectivity index (χ1n) is 4.52. The minimum absolute atomic E-state index is 0.698. The van der Waals surface area contributed by atoms with E-state index in [1.54, 1.807) is 13.3 Å². The summed E-state index contributed by atoms with van der Waals surface area (Å²) in [6, 6.07) is 9.67. The molecule has 2 rings (SSSR count). The van der Waals surface area contributed by atoms with E-state index in [1.807, 2.05) is 30.3 Å². The Bertz CT molecular complexity index is 456. The van der Waals surface area contributed by atoms with Gasteiger partial charge in [-0.25, -0.2) is 9.97 Å². The van der Waals surface area contributed by atoms with E-state index in [4.69, 9.17) is 4.74 Å². The molecule has 1 unspecified atom stereocenters. The summed E-state index contributed by atoms with van der Waals surface area (Å²) in [5.41, 5.74) is 2.67. The van der Waals surface area contributed by atoms with Crippen molar-refractivity contribution in [1.29, 1.82) is 0 Å². The number of nitrogens with zero attached hydrogens (tertiary/aromatic N) is 2. The van der Waals surface area contributed by atoms with Gasteiger partial charge in [0, 0.05) is 11.8 Å². The van der Waals surface area contributed by atoms with Crippen LogP contribution in [-0.4, -0.2) is 17.1 Å². The van der Waals surface area contributed by atoms with E-state index in [1.165, 1.54) is 0 Å². The Morgan fingerprint density at radius 1 is 1.13 bits per heavy atom. The van der Waals surface area contributed by atoms with E-state index >= 15 is 0 Å². The third-order valence-corrected chi connectivity index (χ3v) is 2.34. The summed E-state index contributed by atoms with van der Waals surface area (Å²) in [4.78, 5) is 8.34. The molecule has 1 aromatic heterocycles. The number of methoxy groups -OCH3 is 1. The first-order chi connectivity index (χ1) is 7.29. The van der Waals surface area contributed by atoms with E-state index in [2.05, 4.69) is 19.2 Å². The van der Waals surface area contributed by atoms with Crippen molar-refractivity contribution in [3.8, 4) is 17.0 Å². The summed E-state index contributed by atoms with van der Waals surface area (Å²) in [5.74, 6) is 0.846. The molecular formula is C11H11N2OP. The average molecular weight is 218 g/mol. The lowest BCUT2D eigenvalue weighted by Gasteiger charge is -2.03. The van der Waals surface area contributed by atoms with Crippen molar-refractivity contribution in [3.63, 3.8) is 0 Å². The molecule has 0 aliphatic heterocycles. The highest BCUT2D eigenvalue weighted by atomic mass is 31.0. The quantitative estimate of drug-likeness (QED) is 0.719. The molecule has 0 N–H and O–H groups in total. The second kappa shape index (κ2) is 4.37. The molecule has 0 saturated heterocycles. The van der Waals surface area contributed by atoms with Crippen LogP contribution in [0.15, 0.2) is 36.5 Å². The van der Waals surface area contributed by atoms with E-state index in [9.17, 15) is 0 Å². The van der Waals surface area contributed by atoms with E-state index < -0.39 is 0 Å². The molecule has 0 aliphatic rings. The van der Waals surface area contributed by atoms with Crippen LogP contribution in [0.2, 0.25) is 0 Å². The molecule has 4 heteroatoms. The Labute approximate surface area is 90.7 Å². The van der Waals surface area contributed by atoms with Gasteiger partial charge < -0.3 is 4.74 Å². The summed E-state index contributed by atoms with van der Waals surface area (Å²) >= 11 is 0. The highest BCUT2D eigenvalue weighted by Crippen LogP contribution is 2.19. The maximum atomic E-state index is 5.09. The summed E-state index contributed by atoms with van der Waals surface area (Å²) in [6.45, 7) is 0. The molecule has 0 radical (unpaired) electrons. The number of aromatic nitrogens is 2. The summed E-state index contributed by atoms with van der Waals surface area (Å²) in [5, 5.41) is 0. The lowest BCUT2D eigenvalue weighted by atomic mass is 10.1. The lowest BCUT2D eigenvalue weighted by Crippen LogP contribution is -2.03. The van der Waals surface area contributed by atoms with Gasteiger partial charge in [-0.15, -0.1) is 0 Å². The van der Waals surface area contributed by atoms with Gasteiger partial charge in [0.15, 0.2) is 0 Å². The Hall–Kier alpha value is -1.47. The van der Waals surface area contributed by atoms with Crippen LogP contribution < -0.4 is 10.3 Å². The van der Waals surface area contributed by atoms with Crippen molar-refractivity contribution < 1.29 is 4.74 Å². The predicted molar refractivity (Wildman–Crippen MR) is 63.4 cm³/mol. The fourth-order valence-electron chi connectivity index (χ4n) is 1.30. The van der Waals surface area contributed by atoms with Gasteiger partial charge in [-0.1, -0.05) is 9.24 Å². The average Bonchev–Trinajstić information content (AvgIpc) is 2.29. The third kappa shape index (κ3) is 2.31. The monoisotopic (exact) mass is 218 g/mol. The van der Waals surface area contributed by atoms with Crippen molar-refractivity contribution in [2.45, 2.75) is 0 Å². The van der Waals surface area contributed by atoms with Crippen molar-refractivity contribution in [3.05, 3.63) is 36.5 Å². The van der Waals surface area contributed by atoms with Crippen molar-refractivity contribution in [1.82, 2.24) is 9.97 Å². The smallest absolute Gasteiger partial charge is 0.144 e. The predicted octanol–water partition coefficient (Wildman–Crippen LogP) is 1.65. The first kappa shape index (κ1) is 10.1. The molecule has 0 spiro atoms. The molecule has 0 fully saturated rings. The van der Waals surface area contributed by atoms with Crippen LogP contribution >= 0.6 is 9.24 Å².